The summed E-state index contributed by atoms with van der Waals surface area (Å²) in [5.41, 5.74) is 5.96. The molecule has 0 spiro atoms. The van der Waals surface area contributed by atoms with Crippen LogP contribution in [0.1, 0.15) is 50.9 Å². The van der Waals surface area contributed by atoms with Gasteiger partial charge in [0.25, 0.3) is 0 Å². The first-order valence-electron chi connectivity index (χ1n) is 6.22. The molecule has 2 N–H and O–H groups in total. The van der Waals surface area contributed by atoms with E-state index in [9.17, 15) is 0 Å². The van der Waals surface area contributed by atoms with Crippen molar-refractivity contribution in [3.63, 3.8) is 0 Å². The zero-order valence-electron chi connectivity index (χ0n) is 9.89. The van der Waals surface area contributed by atoms with Crippen LogP contribution in [0.3, 0.4) is 0 Å². The minimum atomic E-state index is -0.0990. The number of furan rings is 1. The molecule has 0 saturated heterocycles. The Morgan fingerprint density at radius 3 is 2.69 bits per heavy atom. The first-order valence-corrected chi connectivity index (χ1v) is 6.22. The quantitative estimate of drug-likeness (QED) is 0.853. The average Bonchev–Trinajstić information content (AvgIpc) is 2.80. The number of rotatable bonds is 4. The summed E-state index contributed by atoms with van der Waals surface area (Å²) in [5.74, 6) is 0.848. The molecule has 1 aromatic rings. The molecule has 16 heavy (non-hydrogen) atoms. The van der Waals surface area contributed by atoms with Crippen molar-refractivity contribution in [3.05, 3.63) is 24.2 Å². The van der Waals surface area contributed by atoms with Crippen LogP contribution in [-0.2, 0) is 4.74 Å². The number of hydrogen-bond acceptors (Lipinski definition) is 3. The Balaban J connectivity index is 1.97. The predicted octanol–water partition coefficient (Wildman–Crippen LogP) is 3.02. The van der Waals surface area contributed by atoms with Crippen LogP contribution in [0.4, 0.5) is 0 Å². The maximum absolute atomic E-state index is 6.08. The molecule has 1 saturated carbocycles. The van der Waals surface area contributed by atoms with Gasteiger partial charge in [0.1, 0.15) is 11.9 Å². The summed E-state index contributed by atoms with van der Waals surface area (Å²) in [6.45, 7) is 1.97. The summed E-state index contributed by atoms with van der Waals surface area (Å²) in [4.78, 5) is 0. The third kappa shape index (κ3) is 2.86. The maximum Gasteiger partial charge on any atom is 0.134 e. The van der Waals surface area contributed by atoms with E-state index in [0.29, 0.717) is 6.10 Å². The molecule has 1 fully saturated rings. The van der Waals surface area contributed by atoms with Gasteiger partial charge in [-0.15, -0.1) is 0 Å². The Labute approximate surface area is 97.0 Å². The van der Waals surface area contributed by atoms with E-state index in [4.69, 9.17) is 14.9 Å². The standard InChI is InChI=1S/C13H21NO2/c1-10(14)13(12-8-5-9-15-12)16-11-6-3-2-4-7-11/h5,8-11,13H,2-4,6-7,14H2,1H3. The Kier molecular flexibility index (Phi) is 4.02. The highest BCUT2D eigenvalue weighted by Crippen LogP contribution is 2.28. The predicted molar refractivity (Wildman–Crippen MR) is 63.1 cm³/mol. The third-order valence-electron chi connectivity index (χ3n) is 3.19. The molecule has 0 bridgehead atoms. The smallest absolute Gasteiger partial charge is 0.134 e. The van der Waals surface area contributed by atoms with Gasteiger partial charge in [0.15, 0.2) is 0 Å². The molecular weight excluding hydrogens is 202 g/mol. The summed E-state index contributed by atoms with van der Waals surface area (Å²) >= 11 is 0. The van der Waals surface area contributed by atoms with Crippen LogP contribution in [-0.4, -0.2) is 12.1 Å². The first kappa shape index (κ1) is 11.7. The highest BCUT2D eigenvalue weighted by molar-refractivity contribution is 5.04. The van der Waals surface area contributed by atoms with Crippen LogP contribution in [0.15, 0.2) is 22.8 Å². The number of hydrogen-bond donors (Lipinski definition) is 1. The van der Waals surface area contributed by atoms with Gasteiger partial charge in [-0.05, 0) is 31.9 Å². The zero-order valence-corrected chi connectivity index (χ0v) is 9.89. The van der Waals surface area contributed by atoms with Gasteiger partial charge in [0, 0.05) is 6.04 Å². The molecule has 1 aliphatic rings. The van der Waals surface area contributed by atoms with Crippen molar-refractivity contribution in [3.8, 4) is 0 Å². The molecule has 2 atom stereocenters. The third-order valence-corrected chi connectivity index (χ3v) is 3.19. The van der Waals surface area contributed by atoms with Gasteiger partial charge in [0.05, 0.1) is 12.4 Å². The molecule has 3 heteroatoms. The van der Waals surface area contributed by atoms with Crippen LogP contribution in [0.2, 0.25) is 0 Å². The van der Waals surface area contributed by atoms with Crippen molar-refractivity contribution in [2.45, 2.75) is 57.3 Å². The lowest BCUT2D eigenvalue weighted by molar-refractivity contribution is -0.0500. The Hall–Kier alpha value is -0.800. The van der Waals surface area contributed by atoms with E-state index in [0.717, 1.165) is 18.6 Å². The van der Waals surface area contributed by atoms with Gasteiger partial charge in [-0.1, -0.05) is 19.3 Å². The molecule has 1 aliphatic carbocycles. The topological polar surface area (TPSA) is 48.4 Å². The van der Waals surface area contributed by atoms with E-state index in [2.05, 4.69) is 0 Å². The zero-order chi connectivity index (χ0) is 11.4. The summed E-state index contributed by atoms with van der Waals surface area (Å²) in [5, 5.41) is 0. The monoisotopic (exact) mass is 223 g/mol. The highest BCUT2D eigenvalue weighted by Gasteiger charge is 2.25. The highest BCUT2D eigenvalue weighted by atomic mass is 16.5. The second-order valence-electron chi connectivity index (χ2n) is 4.69. The van der Waals surface area contributed by atoms with Crippen LogP contribution < -0.4 is 5.73 Å². The minimum absolute atomic E-state index is 0.0342. The summed E-state index contributed by atoms with van der Waals surface area (Å²) in [6.07, 6.45) is 8.13. The van der Waals surface area contributed by atoms with Crippen molar-refractivity contribution in [1.82, 2.24) is 0 Å². The Morgan fingerprint density at radius 1 is 1.38 bits per heavy atom. The SMILES string of the molecule is CC(N)C(OC1CCCCC1)c1ccco1. The summed E-state index contributed by atoms with van der Waals surface area (Å²) in [7, 11) is 0. The fraction of sp³-hybridized carbons (Fsp3) is 0.692. The normalized spacial score (nSPS) is 21.9. The van der Waals surface area contributed by atoms with E-state index in [1.165, 1.54) is 19.3 Å². The van der Waals surface area contributed by atoms with Gasteiger partial charge < -0.3 is 14.9 Å². The molecule has 3 nitrogen and oxygen atoms in total. The van der Waals surface area contributed by atoms with E-state index in [-0.39, 0.29) is 12.1 Å². The van der Waals surface area contributed by atoms with E-state index < -0.39 is 0 Å². The molecule has 0 aliphatic heterocycles. The number of ether oxygens (including phenoxy) is 1. The van der Waals surface area contributed by atoms with Crippen molar-refractivity contribution in [2.24, 2.45) is 5.73 Å². The fourth-order valence-corrected chi connectivity index (χ4v) is 2.31. The lowest BCUT2D eigenvalue weighted by Gasteiger charge is -2.28. The maximum atomic E-state index is 6.08. The van der Waals surface area contributed by atoms with Crippen molar-refractivity contribution < 1.29 is 9.15 Å². The van der Waals surface area contributed by atoms with Crippen LogP contribution in [0.5, 0.6) is 0 Å². The Morgan fingerprint density at radius 2 is 2.12 bits per heavy atom. The van der Waals surface area contributed by atoms with Crippen LogP contribution in [0, 0.1) is 0 Å². The fourth-order valence-electron chi connectivity index (χ4n) is 2.31. The molecule has 2 unspecified atom stereocenters. The van der Waals surface area contributed by atoms with E-state index in [1.807, 2.05) is 19.1 Å². The van der Waals surface area contributed by atoms with Gasteiger partial charge in [-0.3, -0.25) is 0 Å². The second-order valence-corrected chi connectivity index (χ2v) is 4.69. The van der Waals surface area contributed by atoms with Crippen LogP contribution in [0.25, 0.3) is 0 Å². The first-order chi connectivity index (χ1) is 7.77. The number of nitrogens with two attached hydrogens (primary N) is 1. The molecule has 0 aromatic carbocycles. The largest absolute Gasteiger partial charge is 0.467 e. The van der Waals surface area contributed by atoms with Gasteiger partial charge >= 0.3 is 0 Å². The molecule has 2 rings (SSSR count). The van der Waals surface area contributed by atoms with Gasteiger partial charge in [-0.2, -0.15) is 0 Å². The lowest BCUT2D eigenvalue weighted by atomic mass is 9.97. The van der Waals surface area contributed by atoms with Crippen molar-refractivity contribution >= 4 is 0 Å². The lowest BCUT2D eigenvalue weighted by Crippen LogP contribution is -2.31. The van der Waals surface area contributed by atoms with Gasteiger partial charge in [0.2, 0.25) is 0 Å². The Bertz CT molecular complexity index is 289. The van der Waals surface area contributed by atoms with E-state index >= 15 is 0 Å². The molecule has 90 valence electrons. The van der Waals surface area contributed by atoms with Crippen molar-refractivity contribution in [2.75, 3.05) is 0 Å². The van der Waals surface area contributed by atoms with Crippen molar-refractivity contribution in [1.29, 1.82) is 0 Å². The second kappa shape index (κ2) is 5.51. The van der Waals surface area contributed by atoms with Crippen LogP contribution >= 0.6 is 0 Å². The molecule has 0 amide bonds. The molecule has 1 aromatic heterocycles. The van der Waals surface area contributed by atoms with Gasteiger partial charge in [-0.25, -0.2) is 0 Å². The average molecular weight is 223 g/mol. The molecule has 0 radical (unpaired) electrons. The molecule has 1 heterocycles. The summed E-state index contributed by atoms with van der Waals surface area (Å²) < 4.78 is 11.5. The molecular formula is C13H21NO2. The minimum Gasteiger partial charge on any atom is -0.467 e. The van der Waals surface area contributed by atoms with E-state index in [1.54, 1.807) is 6.26 Å². The summed E-state index contributed by atoms with van der Waals surface area (Å²) in [6, 6.07) is 3.79.